The maximum Gasteiger partial charge on any atom is 0.257 e. The first-order valence-electron chi connectivity index (χ1n) is 9.47. The van der Waals surface area contributed by atoms with Gasteiger partial charge in [-0.2, -0.15) is 10.1 Å². The summed E-state index contributed by atoms with van der Waals surface area (Å²) in [6, 6.07) is 9.18. The number of likely N-dealkylation sites (tertiary alicyclic amines) is 1. The number of aryl methyl sites for hydroxylation is 2. The van der Waals surface area contributed by atoms with E-state index in [1.807, 2.05) is 30.0 Å². The van der Waals surface area contributed by atoms with Crippen LogP contribution < -0.4 is 9.47 Å². The third-order valence-corrected chi connectivity index (χ3v) is 4.90. The van der Waals surface area contributed by atoms with Crippen LogP contribution in [0.3, 0.4) is 0 Å². The Kier molecular flexibility index (Phi) is 5.16. The van der Waals surface area contributed by atoms with Crippen LogP contribution in [0, 0.1) is 6.92 Å². The summed E-state index contributed by atoms with van der Waals surface area (Å²) in [6.07, 6.45) is 4.14. The molecule has 1 aliphatic heterocycles. The van der Waals surface area contributed by atoms with Crippen molar-refractivity contribution in [2.24, 2.45) is 7.05 Å². The minimum atomic E-state index is -0.0129. The molecule has 1 fully saturated rings. The van der Waals surface area contributed by atoms with Crippen molar-refractivity contribution in [1.82, 2.24) is 24.6 Å². The topological polar surface area (TPSA) is 82.4 Å². The van der Waals surface area contributed by atoms with E-state index in [0.717, 1.165) is 12.1 Å². The van der Waals surface area contributed by atoms with Gasteiger partial charge >= 0.3 is 0 Å². The van der Waals surface area contributed by atoms with Crippen molar-refractivity contribution in [3.05, 3.63) is 59.8 Å². The number of benzene rings is 1. The number of hydrogen-bond acceptors (Lipinski definition) is 6. The van der Waals surface area contributed by atoms with Crippen molar-refractivity contribution in [1.29, 1.82) is 0 Å². The number of methoxy groups -OCH3 is 1. The molecule has 8 heteroatoms. The predicted octanol–water partition coefficient (Wildman–Crippen LogP) is 2.95. The van der Waals surface area contributed by atoms with E-state index < -0.39 is 0 Å². The van der Waals surface area contributed by atoms with Gasteiger partial charge in [0, 0.05) is 50.1 Å². The molecule has 0 radical (unpaired) electrons. The van der Waals surface area contributed by atoms with E-state index in [9.17, 15) is 4.79 Å². The highest BCUT2D eigenvalue weighted by Crippen LogP contribution is 2.29. The van der Waals surface area contributed by atoms with Gasteiger partial charge in [-0.05, 0) is 25.5 Å². The molecule has 8 nitrogen and oxygen atoms in total. The summed E-state index contributed by atoms with van der Waals surface area (Å²) < 4.78 is 12.8. The maximum absolute atomic E-state index is 12.7. The van der Waals surface area contributed by atoms with Gasteiger partial charge in [0.15, 0.2) is 0 Å². The van der Waals surface area contributed by atoms with Gasteiger partial charge in [0.2, 0.25) is 5.88 Å². The van der Waals surface area contributed by atoms with E-state index in [-0.39, 0.29) is 11.8 Å². The van der Waals surface area contributed by atoms with Crippen LogP contribution in [0.15, 0.2) is 42.7 Å². The van der Waals surface area contributed by atoms with Gasteiger partial charge in [0.25, 0.3) is 5.91 Å². The van der Waals surface area contributed by atoms with E-state index in [2.05, 4.69) is 15.1 Å². The summed E-state index contributed by atoms with van der Waals surface area (Å²) in [6.45, 7) is 3.16. The third kappa shape index (κ3) is 4.21. The lowest BCUT2D eigenvalue weighted by Crippen LogP contribution is -2.28. The fourth-order valence-electron chi connectivity index (χ4n) is 3.45. The first kappa shape index (κ1) is 18.9. The van der Waals surface area contributed by atoms with Crippen LogP contribution in [-0.2, 0) is 7.05 Å². The average Bonchev–Trinajstić information content (AvgIpc) is 3.36. The zero-order chi connectivity index (χ0) is 20.4. The molecule has 0 N–H and O–H groups in total. The number of carbonyl (C=O) groups is 1. The van der Waals surface area contributed by atoms with Crippen molar-refractivity contribution in [3.8, 4) is 17.4 Å². The fourth-order valence-corrected chi connectivity index (χ4v) is 3.45. The number of amides is 1. The number of carbonyl (C=O) groups excluding carboxylic acids is 1. The molecule has 0 aliphatic carbocycles. The molecule has 0 unspecified atom stereocenters. The summed E-state index contributed by atoms with van der Waals surface area (Å²) in [5.74, 6) is 2.61. The van der Waals surface area contributed by atoms with Gasteiger partial charge in [-0.3, -0.25) is 9.48 Å². The summed E-state index contributed by atoms with van der Waals surface area (Å²) in [5, 5.41) is 4.08. The van der Waals surface area contributed by atoms with E-state index in [0.29, 0.717) is 41.9 Å². The molecule has 0 spiro atoms. The van der Waals surface area contributed by atoms with E-state index in [1.54, 1.807) is 43.4 Å². The summed E-state index contributed by atoms with van der Waals surface area (Å²) in [4.78, 5) is 23.7. The lowest BCUT2D eigenvalue weighted by molar-refractivity contribution is 0.0790. The molecular weight excluding hydrogens is 370 g/mol. The van der Waals surface area contributed by atoms with Crippen LogP contribution >= 0.6 is 0 Å². The van der Waals surface area contributed by atoms with Crippen LogP contribution in [0.1, 0.15) is 34.2 Å². The molecule has 1 aromatic carbocycles. The molecular formula is C21H23N5O3. The van der Waals surface area contributed by atoms with Crippen molar-refractivity contribution < 1.29 is 14.3 Å². The van der Waals surface area contributed by atoms with Crippen LogP contribution in [0.4, 0.5) is 0 Å². The zero-order valence-corrected chi connectivity index (χ0v) is 16.7. The lowest BCUT2D eigenvalue weighted by Gasteiger charge is -2.15. The van der Waals surface area contributed by atoms with Crippen molar-refractivity contribution in [3.63, 3.8) is 0 Å². The Morgan fingerprint density at radius 2 is 2.03 bits per heavy atom. The molecule has 0 bridgehead atoms. The molecule has 3 heterocycles. The Morgan fingerprint density at radius 3 is 2.79 bits per heavy atom. The fraction of sp³-hybridized carbons (Fsp3) is 0.333. The molecule has 1 aliphatic rings. The largest absolute Gasteiger partial charge is 0.497 e. The first-order valence-corrected chi connectivity index (χ1v) is 9.47. The third-order valence-electron chi connectivity index (χ3n) is 4.90. The SMILES string of the molecule is COc1cccc(Oc2cc(C)nc([C@H]3CCN(C(=O)c4cnn(C)c4)C3)n2)c1. The second-order valence-corrected chi connectivity index (χ2v) is 7.13. The highest BCUT2D eigenvalue weighted by Gasteiger charge is 2.30. The second-order valence-electron chi connectivity index (χ2n) is 7.13. The number of aromatic nitrogens is 4. The number of nitrogens with zero attached hydrogens (tertiary/aromatic N) is 5. The standard InChI is InChI=1S/C21H23N5O3/c1-14-9-19(29-18-6-4-5-17(10-18)28-3)24-20(23-14)15-7-8-26(13-15)21(27)16-11-22-25(2)12-16/h4-6,9-12,15H,7-8,13H2,1-3H3/t15-/m0/s1. The van der Waals surface area contributed by atoms with E-state index in [1.165, 1.54) is 0 Å². The Balaban J connectivity index is 1.49. The molecule has 29 heavy (non-hydrogen) atoms. The molecule has 1 amide bonds. The van der Waals surface area contributed by atoms with E-state index >= 15 is 0 Å². The van der Waals surface area contributed by atoms with Crippen molar-refractivity contribution in [2.75, 3.05) is 20.2 Å². The summed E-state index contributed by atoms with van der Waals surface area (Å²) >= 11 is 0. The maximum atomic E-state index is 12.7. The molecule has 1 atom stereocenters. The lowest BCUT2D eigenvalue weighted by atomic mass is 10.1. The summed E-state index contributed by atoms with van der Waals surface area (Å²) in [5.41, 5.74) is 1.42. The number of hydrogen-bond donors (Lipinski definition) is 0. The van der Waals surface area contributed by atoms with Crippen molar-refractivity contribution >= 4 is 5.91 Å². The average molecular weight is 393 g/mol. The van der Waals surface area contributed by atoms with Crippen LogP contribution in [0.2, 0.25) is 0 Å². The molecule has 150 valence electrons. The quantitative estimate of drug-likeness (QED) is 0.663. The normalized spacial score (nSPS) is 16.1. The van der Waals surface area contributed by atoms with Crippen molar-refractivity contribution in [2.45, 2.75) is 19.3 Å². The Labute approximate surface area is 169 Å². The zero-order valence-electron chi connectivity index (χ0n) is 16.7. The first-order chi connectivity index (χ1) is 14.0. The smallest absolute Gasteiger partial charge is 0.257 e. The number of ether oxygens (including phenoxy) is 2. The van der Waals surface area contributed by atoms with Gasteiger partial charge < -0.3 is 14.4 Å². The predicted molar refractivity (Wildman–Crippen MR) is 106 cm³/mol. The van der Waals surface area contributed by atoms with Crippen LogP contribution in [0.5, 0.6) is 17.4 Å². The number of rotatable bonds is 5. The molecule has 2 aromatic heterocycles. The van der Waals surface area contributed by atoms with Gasteiger partial charge in [0.1, 0.15) is 17.3 Å². The molecule has 0 saturated carbocycles. The van der Waals surface area contributed by atoms with Crippen LogP contribution in [0.25, 0.3) is 0 Å². The minimum Gasteiger partial charge on any atom is -0.497 e. The molecule has 4 rings (SSSR count). The van der Waals surface area contributed by atoms with E-state index in [4.69, 9.17) is 9.47 Å². The van der Waals surface area contributed by atoms with Gasteiger partial charge in [-0.1, -0.05) is 6.07 Å². The molecule has 1 saturated heterocycles. The monoisotopic (exact) mass is 393 g/mol. The van der Waals surface area contributed by atoms with Gasteiger partial charge in [-0.25, -0.2) is 4.98 Å². The van der Waals surface area contributed by atoms with Gasteiger partial charge in [-0.15, -0.1) is 0 Å². The Hall–Kier alpha value is -3.42. The minimum absolute atomic E-state index is 0.0129. The summed E-state index contributed by atoms with van der Waals surface area (Å²) in [7, 11) is 3.42. The highest BCUT2D eigenvalue weighted by molar-refractivity contribution is 5.93. The Bertz CT molecular complexity index is 1030. The Morgan fingerprint density at radius 1 is 1.21 bits per heavy atom. The van der Waals surface area contributed by atoms with Gasteiger partial charge in [0.05, 0.1) is 18.9 Å². The highest BCUT2D eigenvalue weighted by atomic mass is 16.5. The van der Waals surface area contributed by atoms with Crippen LogP contribution in [-0.4, -0.2) is 50.8 Å². The second kappa shape index (κ2) is 7.90. The molecule has 3 aromatic rings.